The summed E-state index contributed by atoms with van der Waals surface area (Å²) in [7, 11) is 1.53. The highest BCUT2D eigenvalue weighted by atomic mass is 35.5. The van der Waals surface area contributed by atoms with Crippen LogP contribution in [0.5, 0.6) is 5.75 Å². The zero-order valence-electron chi connectivity index (χ0n) is 7.44. The summed E-state index contributed by atoms with van der Waals surface area (Å²) in [5.41, 5.74) is 0.587. The van der Waals surface area contributed by atoms with Gasteiger partial charge in [0, 0.05) is 6.08 Å². The number of halogens is 1. The van der Waals surface area contributed by atoms with Gasteiger partial charge in [0.2, 0.25) is 6.20 Å². The first kappa shape index (κ1) is 10.5. The Hall–Kier alpha value is -1.55. The molecular formula is C9H8ClNO3. The summed E-state index contributed by atoms with van der Waals surface area (Å²) in [4.78, 5) is 9.52. The summed E-state index contributed by atoms with van der Waals surface area (Å²) in [6.45, 7) is 0. The molecule has 0 saturated carbocycles. The van der Waals surface area contributed by atoms with Crippen molar-refractivity contribution < 1.29 is 9.66 Å². The van der Waals surface area contributed by atoms with E-state index in [0.717, 1.165) is 6.20 Å². The van der Waals surface area contributed by atoms with E-state index in [4.69, 9.17) is 16.3 Å². The Morgan fingerprint density at radius 1 is 1.57 bits per heavy atom. The molecule has 0 aliphatic rings. The van der Waals surface area contributed by atoms with Crippen molar-refractivity contribution in [3.63, 3.8) is 0 Å². The third-order valence-electron chi connectivity index (χ3n) is 1.58. The molecule has 1 aromatic rings. The van der Waals surface area contributed by atoms with Crippen LogP contribution in [0, 0.1) is 10.1 Å². The molecule has 14 heavy (non-hydrogen) atoms. The molecule has 0 N–H and O–H groups in total. The quantitative estimate of drug-likeness (QED) is 0.573. The maximum absolute atomic E-state index is 10.1. The fourth-order valence-electron chi connectivity index (χ4n) is 0.911. The lowest BCUT2D eigenvalue weighted by atomic mass is 10.2. The van der Waals surface area contributed by atoms with Gasteiger partial charge in [-0.2, -0.15) is 0 Å². The number of ether oxygens (including phenoxy) is 1. The number of benzene rings is 1. The maximum atomic E-state index is 10.1. The van der Waals surface area contributed by atoms with Crippen molar-refractivity contribution in [2.45, 2.75) is 0 Å². The van der Waals surface area contributed by atoms with Gasteiger partial charge in [-0.25, -0.2) is 0 Å². The lowest BCUT2D eigenvalue weighted by Gasteiger charge is -2.01. The predicted molar refractivity (Wildman–Crippen MR) is 54.0 cm³/mol. The molecule has 0 saturated heterocycles. The smallest absolute Gasteiger partial charge is 0.235 e. The van der Waals surface area contributed by atoms with Gasteiger partial charge in [0.05, 0.1) is 17.1 Å². The molecular weight excluding hydrogens is 206 g/mol. The molecule has 0 fully saturated rings. The van der Waals surface area contributed by atoms with Gasteiger partial charge in [-0.05, 0) is 23.8 Å². The van der Waals surface area contributed by atoms with Crippen LogP contribution < -0.4 is 4.74 Å². The Balaban J connectivity index is 2.94. The average Bonchev–Trinajstić information content (AvgIpc) is 2.15. The molecule has 0 amide bonds. The standard InChI is InChI=1S/C9H8ClNO3/c1-14-8-3-2-7(9(10)6-8)4-5-11(12)13/h2-6H,1H3. The molecule has 0 aliphatic carbocycles. The number of nitrogens with zero attached hydrogens (tertiary/aromatic N) is 1. The van der Waals surface area contributed by atoms with E-state index in [1.807, 2.05) is 0 Å². The molecule has 0 unspecified atom stereocenters. The fraction of sp³-hybridized carbons (Fsp3) is 0.111. The molecule has 0 heterocycles. The number of nitro groups is 1. The van der Waals surface area contributed by atoms with Gasteiger partial charge in [-0.1, -0.05) is 11.6 Å². The summed E-state index contributed by atoms with van der Waals surface area (Å²) in [6.07, 6.45) is 2.18. The summed E-state index contributed by atoms with van der Waals surface area (Å²) >= 11 is 5.84. The number of methoxy groups -OCH3 is 1. The molecule has 0 bridgehead atoms. The van der Waals surface area contributed by atoms with Gasteiger partial charge < -0.3 is 4.74 Å². The molecule has 5 heteroatoms. The van der Waals surface area contributed by atoms with Crippen LogP contribution in [-0.4, -0.2) is 12.0 Å². The van der Waals surface area contributed by atoms with E-state index < -0.39 is 4.92 Å². The molecule has 1 rings (SSSR count). The van der Waals surface area contributed by atoms with Gasteiger partial charge in [0.25, 0.3) is 0 Å². The number of hydrogen-bond donors (Lipinski definition) is 0. The van der Waals surface area contributed by atoms with Crippen LogP contribution in [0.2, 0.25) is 5.02 Å². The SMILES string of the molecule is COc1ccc(C=C[N+](=O)[O-])c(Cl)c1. The minimum atomic E-state index is -0.541. The summed E-state index contributed by atoms with van der Waals surface area (Å²) < 4.78 is 4.93. The van der Waals surface area contributed by atoms with Crippen molar-refractivity contribution in [1.82, 2.24) is 0 Å². The topological polar surface area (TPSA) is 52.4 Å². The molecule has 0 aromatic heterocycles. The van der Waals surface area contributed by atoms with Crippen LogP contribution in [0.1, 0.15) is 5.56 Å². The van der Waals surface area contributed by atoms with Crippen molar-refractivity contribution in [1.29, 1.82) is 0 Å². The van der Waals surface area contributed by atoms with E-state index in [1.165, 1.54) is 13.2 Å². The van der Waals surface area contributed by atoms with Gasteiger partial charge in [0.15, 0.2) is 0 Å². The Morgan fingerprint density at radius 3 is 2.79 bits per heavy atom. The minimum Gasteiger partial charge on any atom is -0.497 e. The van der Waals surface area contributed by atoms with Gasteiger partial charge in [0.1, 0.15) is 5.75 Å². The van der Waals surface area contributed by atoms with E-state index in [-0.39, 0.29) is 0 Å². The zero-order valence-corrected chi connectivity index (χ0v) is 8.19. The van der Waals surface area contributed by atoms with Crippen LogP contribution in [0.15, 0.2) is 24.4 Å². The monoisotopic (exact) mass is 213 g/mol. The van der Waals surface area contributed by atoms with Crippen LogP contribution in [0.25, 0.3) is 6.08 Å². The zero-order chi connectivity index (χ0) is 10.6. The van der Waals surface area contributed by atoms with E-state index in [1.54, 1.807) is 18.2 Å². The van der Waals surface area contributed by atoms with Crippen molar-refractivity contribution in [3.05, 3.63) is 45.1 Å². The highest BCUT2D eigenvalue weighted by Crippen LogP contribution is 2.23. The second kappa shape index (κ2) is 4.62. The summed E-state index contributed by atoms with van der Waals surface area (Å²) in [5, 5.41) is 10.5. The molecule has 0 aliphatic heterocycles. The first-order valence-electron chi connectivity index (χ1n) is 3.78. The molecule has 74 valence electrons. The highest BCUT2D eigenvalue weighted by molar-refractivity contribution is 6.32. The molecule has 0 atom stereocenters. The first-order chi connectivity index (χ1) is 6.63. The lowest BCUT2D eigenvalue weighted by Crippen LogP contribution is -1.85. The fourth-order valence-corrected chi connectivity index (χ4v) is 1.14. The van der Waals surface area contributed by atoms with E-state index in [0.29, 0.717) is 16.3 Å². The van der Waals surface area contributed by atoms with E-state index >= 15 is 0 Å². The van der Waals surface area contributed by atoms with E-state index in [2.05, 4.69) is 0 Å². The van der Waals surface area contributed by atoms with E-state index in [9.17, 15) is 10.1 Å². The molecule has 0 radical (unpaired) electrons. The van der Waals surface area contributed by atoms with Crippen LogP contribution in [-0.2, 0) is 0 Å². The Morgan fingerprint density at radius 2 is 2.29 bits per heavy atom. The summed E-state index contributed by atoms with van der Waals surface area (Å²) in [5.74, 6) is 0.619. The van der Waals surface area contributed by atoms with Gasteiger partial charge in [-0.15, -0.1) is 0 Å². The predicted octanol–water partition coefficient (Wildman–Crippen LogP) is 2.60. The van der Waals surface area contributed by atoms with Crippen molar-refractivity contribution >= 4 is 17.7 Å². The highest BCUT2D eigenvalue weighted by Gasteiger charge is 2.00. The Kier molecular flexibility index (Phi) is 3.48. The maximum Gasteiger partial charge on any atom is 0.235 e. The third-order valence-corrected chi connectivity index (χ3v) is 1.91. The average molecular weight is 214 g/mol. The van der Waals surface area contributed by atoms with Gasteiger partial charge in [-0.3, -0.25) is 10.1 Å². The lowest BCUT2D eigenvalue weighted by molar-refractivity contribution is -0.400. The first-order valence-corrected chi connectivity index (χ1v) is 4.16. The summed E-state index contributed by atoms with van der Waals surface area (Å²) in [6, 6.07) is 4.94. The number of rotatable bonds is 3. The Bertz CT molecular complexity index is 376. The van der Waals surface area contributed by atoms with Crippen molar-refractivity contribution in [2.75, 3.05) is 7.11 Å². The molecule has 0 spiro atoms. The normalized spacial score (nSPS) is 10.4. The van der Waals surface area contributed by atoms with Gasteiger partial charge >= 0.3 is 0 Å². The second-order valence-corrected chi connectivity index (χ2v) is 2.90. The van der Waals surface area contributed by atoms with Crippen molar-refractivity contribution in [2.24, 2.45) is 0 Å². The minimum absolute atomic E-state index is 0.419. The largest absolute Gasteiger partial charge is 0.497 e. The third kappa shape index (κ3) is 2.74. The Labute approximate surface area is 85.9 Å². The van der Waals surface area contributed by atoms with Crippen LogP contribution in [0.3, 0.4) is 0 Å². The molecule has 1 aromatic carbocycles. The van der Waals surface area contributed by atoms with Crippen LogP contribution in [0.4, 0.5) is 0 Å². The van der Waals surface area contributed by atoms with Crippen LogP contribution >= 0.6 is 11.6 Å². The van der Waals surface area contributed by atoms with Crippen molar-refractivity contribution in [3.8, 4) is 5.75 Å². The second-order valence-electron chi connectivity index (χ2n) is 2.49. The number of hydrogen-bond acceptors (Lipinski definition) is 3. The molecule has 4 nitrogen and oxygen atoms in total.